The fourth-order valence-electron chi connectivity index (χ4n) is 2.19. The summed E-state index contributed by atoms with van der Waals surface area (Å²) in [5, 5.41) is 3.03. The third-order valence-electron chi connectivity index (χ3n) is 3.05. The predicted octanol–water partition coefficient (Wildman–Crippen LogP) is 4.48. The summed E-state index contributed by atoms with van der Waals surface area (Å²) in [5.41, 5.74) is 2.52. The molecule has 0 radical (unpaired) electrons. The molecule has 0 saturated heterocycles. The van der Waals surface area contributed by atoms with Gasteiger partial charge in [0.15, 0.2) is 17.4 Å². The van der Waals surface area contributed by atoms with Crippen LogP contribution in [0.25, 0.3) is 0 Å². The molecule has 1 N–H and O–H groups in total. The normalized spacial score (nSPS) is 10.7. The van der Waals surface area contributed by atoms with Crippen LogP contribution in [0.3, 0.4) is 0 Å². The van der Waals surface area contributed by atoms with E-state index in [4.69, 9.17) is 4.74 Å². The summed E-state index contributed by atoms with van der Waals surface area (Å²) in [6.45, 7) is 6.92. The largest absolute Gasteiger partial charge is 0.451 e. The second kappa shape index (κ2) is 6.68. The first kappa shape index (κ1) is 15.4. The molecule has 2 aromatic carbocycles. The fourth-order valence-corrected chi connectivity index (χ4v) is 2.19. The van der Waals surface area contributed by atoms with Gasteiger partial charge < -0.3 is 10.1 Å². The Bertz CT molecular complexity index is 597. The first-order valence-corrected chi connectivity index (χ1v) is 6.94. The highest BCUT2D eigenvalue weighted by atomic mass is 19.1. The summed E-state index contributed by atoms with van der Waals surface area (Å²) in [6, 6.07) is 8.06. The van der Waals surface area contributed by atoms with Crippen LogP contribution in [0.2, 0.25) is 0 Å². The molecule has 0 atom stereocenters. The average Bonchev–Trinajstić information content (AvgIpc) is 2.39. The van der Waals surface area contributed by atoms with Gasteiger partial charge in [-0.05, 0) is 61.3 Å². The van der Waals surface area contributed by atoms with Gasteiger partial charge in [0.25, 0.3) is 0 Å². The molecule has 112 valence electrons. The van der Waals surface area contributed by atoms with E-state index in [1.165, 1.54) is 12.1 Å². The standard InChI is InChI=1S/C17H19F2NO/c1-4-20-10-13-8-15(18)17(16(19)9-13)21-14-6-11(2)5-12(3)7-14/h5-9,20H,4,10H2,1-3H3. The zero-order chi connectivity index (χ0) is 15.4. The van der Waals surface area contributed by atoms with Crippen molar-refractivity contribution in [2.75, 3.05) is 6.54 Å². The fraction of sp³-hybridized carbons (Fsp3) is 0.294. The number of hydrogen-bond donors (Lipinski definition) is 1. The highest BCUT2D eigenvalue weighted by Crippen LogP contribution is 2.29. The summed E-state index contributed by atoms with van der Waals surface area (Å²) in [7, 11) is 0. The van der Waals surface area contributed by atoms with Crippen molar-refractivity contribution in [1.29, 1.82) is 0 Å². The topological polar surface area (TPSA) is 21.3 Å². The molecular formula is C17H19F2NO. The molecule has 0 aromatic heterocycles. The highest BCUT2D eigenvalue weighted by molar-refractivity contribution is 5.39. The van der Waals surface area contributed by atoms with E-state index in [1.54, 1.807) is 12.1 Å². The minimum Gasteiger partial charge on any atom is -0.451 e. The van der Waals surface area contributed by atoms with Crippen molar-refractivity contribution in [1.82, 2.24) is 5.32 Å². The van der Waals surface area contributed by atoms with E-state index in [9.17, 15) is 8.78 Å². The van der Waals surface area contributed by atoms with Gasteiger partial charge in [-0.2, -0.15) is 0 Å². The Balaban J connectivity index is 2.27. The molecule has 0 unspecified atom stereocenters. The van der Waals surface area contributed by atoms with Gasteiger partial charge in [-0.1, -0.05) is 13.0 Å². The van der Waals surface area contributed by atoms with E-state index in [0.717, 1.165) is 17.7 Å². The maximum absolute atomic E-state index is 14.0. The van der Waals surface area contributed by atoms with Gasteiger partial charge in [-0.3, -0.25) is 0 Å². The lowest BCUT2D eigenvalue weighted by Gasteiger charge is -2.11. The molecule has 0 fully saturated rings. The van der Waals surface area contributed by atoms with Crippen molar-refractivity contribution in [3.05, 3.63) is 58.7 Å². The molecule has 0 amide bonds. The van der Waals surface area contributed by atoms with E-state index in [-0.39, 0.29) is 5.75 Å². The van der Waals surface area contributed by atoms with Crippen molar-refractivity contribution in [3.63, 3.8) is 0 Å². The molecule has 0 bridgehead atoms. The molecule has 0 heterocycles. The Morgan fingerprint density at radius 3 is 2.05 bits per heavy atom. The molecule has 0 spiro atoms. The van der Waals surface area contributed by atoms with Gasteiger partial charge in [0.2, 0.25) is 0 Å². The number of nitrogens with one attached hydrogen (secondary N) is 1. The molecule has 0 aliphatic carbocycles. The van der Waals surface area contributed by atoms with Gasteiger partial charge in [0.05, 0.1) is 0 Å². The summed E-state index contributed by atoms with van der Waals surface area (Å²) in [5.74, 6) is -1.31. The lowest BCUT2D eigenvalue weighted by atomic mass is 10.1. The van der Waals surface area contributed by atoms with Crippen LogP contribution in [-0.4, -0.2) is 6.54 Å². The number of benzene rings is 2. The third-order valence-corrected chi connectivity index (χ3v) is 3.05. The average molecular weight is 291 g/mol. The van der Waals surface area contributed by atoms with E-state index in [2.05, 4.69) is 5.32 Å². The minimum atomic E-state index is -0.693. The maximum Gasteiger partial charge on any atom is 0.198 e. The third kappa shape index (κ3) is 4.02. The van der Waals surface area contributed by atoms with Gasteiger partial charge in [0, 0.05) is 6.54 Å². The number of aryl methyl sites for hydroxylation is 2. The summed E-state index contributed by atoms with van der Waals surface area (Å²) >= 11 is 0. The smallest absolute Gasteiger partial charge is 0.198 e. The first-order valence-electron chi connectivity index (χ1n) is 6.94. The van der Waals surface area contributed by atoms with Crippen LogP contribution in [0.4, 0.5) is 8.78 Å². The molecule has 2 aromatic rings. The number of ether oxygens (including phenoxy) is 1. The van der Waals surface area contributed by atoms with Crippen LogP contribution in [0, 0.1) is 25.5 Å². The Kier molecular flexibility index (Phi) is 4.91. The van der Waals surface area contributed by atoms with Gasteiger partial charge in [0.1, 0.15) is 5.75 Å². The van der Waals surface area contributed by atoms with Crippen molar-refractivity contribution >= 4 is 0 Å². The zero-order valence-electron chi connectivity index (χ0n) is 12.5. The second-order valence-corrected chi connectivity index (χ2v) is 5.09. The number of halogens is 2. The predicted molar refractivity (Wildman–Crippen MR) is 79.7 cm³/mol. The van der Waals surface area contributed by atoms with Crippen LogP contribution in [0.1, 0.15) is 23.6 Å². The van der Waals surface area contributed by atoms with Gasteiger partial charge >= 0.3 is 0 Å². The first-order chi connectivity index (χ1) is 9.99. The van der Waals surface area contributed by atoms with Gasteiger partial charge in [-0.25, -0.2) is 8.78 Å². The lowest BCUT2D eigenvalue weighted by molar-refractivity contribution is 0.405. The molecule has 0 saturated carbocycles. The van der Waals surface area contributed by atoms with Crippen molar-refractivity contribution in [3.8, 4) is 11.5 Å². The molecule has 0 aliphatic rings. The minimum absolute atomic E-state index is 0.361. The molecule has 21 heavy (non-hydrogen) atoms. The lowest BCUT2D eigenvalue weighted by Crippen LogP contribution is -2.12. The Labute approximate surface area is 123 Å². The second-order valence-electron chi connectivity index (χ2n) is 5.09. The van der Waals surface area contributed by atoms with E-state index in [1.807, 2.05) is 26.8 Å². The van der Waals surface area contributed by atoms with Crippen LogP contribution in [0.15, 0.2) is 30.3 Å². The van der Waals surface area contributed by atoms with Crippen LogP contribution in [0.5, 0.6) is 11.5 Å². The van der Waals surface area contributed by atoms with Crippen LogP contribution >= 0.6 is 0 Å². The van der Waals surface area contributed by atoms with Crippen LogP contribution in [-0.2, 0) is 6.54 Å². The number of hydrogen-bond acceptors (Lipinski definition) is 2. The SMILES string of the molecule is CCNCc1cc(F)c(Oc2cc(C)cc(C)c2)c(F)c1. The quantitative estimate of drug-likeness (QED) is 0.876. The molecule has 2 nitrogen and oxygen atoms in total. The Morgan fingerprint density at radius 1 is 0.952 bits per heavy atom. The monoisotopic (exact) mass is 291 g/mol. The van der Waals surface area contributed by atoms with Crippen molar-refractivity contribution in [2.45, 2.75) is 27.3 Å². The molecule has 0 aliphatic heterocycles. The van der Waals surface area contributed by atoms with Crippen molar-refractivity contribution in [2.24, 2.45) is 0 Å². The summed E-state index contributed by atoms with van der Waals surface area (Å²) in [4.78, 5) is 0. The van der Waals surface area contributed by atoms with Gasteiger partial charge in [-0.15, -0.1) is 0 Å². The van der Waals surface area contributed by atoms with E-state index in [0.29, 0.717) is 17.9 Å². The summed E-state index contributed by atoms with van der Waals surface area (Å²) in [6.07, 6.45) is 0. The number of rotatable bonds is 5. The van der Waals surface area contributed by atoms with Crippen molar-refractivity contribution < 1.29 is 13.5 Å². The summed E-state index contributed by atoms with van der Waals surface area (Å²) < 4.78 is 33.5. The molecule has 4 heteroatoms. The zero-order valence-corrected chi connectivity index (χ0v) is 12.5. The molecule has 2 rings (SSSR count). The van der Waals surface area contributed by atoms with Crippen LogP contribution < -0.4 is 10.1 Å². The maximum atomic E-state index is 14.0. The van der Waals surface area contributed by atoms with E-state index < -0.39 is 11.6 Å². The Hall–Kier alpha value is -1.94. The molecular weight excluding hydrogens is 272 g/mol. The Morgan fingerprint density at radius 2 is 1.52 bits per heavy atom. The van der Waals surface area contributed by atoms with E-state index >= 15 is 0 Å². The highest BCUT2D eigenvalue weighted by Gasteiger charge is 2.14.